The molecule has 0 fully saturated rings. The van der Waals surface area contributed by atoms with Crippen LogP contribution < -0.4 is 4.72 Å². The zero-order chi connectivity index (χ0) is 22.9. The Morgan fingerprint density at radius 2 is 1.68 bits per heavy atom. The molecule has 0 unspecified atom stereocenters. The summed E-state index contributed by atoms with van der Waals surface area (Å²) in [6.07, 6.45) is 0. The summed E-state index contributed by atoms with van der Waals surface area (Å²) < 4.78 is 28.8. The van der Waals surface area contributed by atoms with Gasteiger partial charge in [-0.2, -0.15) is 5.26 Å². The second kappa shape index (κ2) is 8.28. The number of nitrogens with zero attached hydrogens (tertiary/aromatic N) is 2. The van der Waals surface area contributed by atoms with Gasteiger partial charge in [0.2, 0.25) is 10.0 Å². The maximum Gasteiger partial charge on any atom is 0.353 e. The van der Waals surface area contributed by atoms with Crippen molar-refractivity contribution in [3.05, 3.63) is 65.5 Å². The number of para-hydroxylation sites is 1. The molecule has 3 aromatic rings. The number of aromatic nitrogens is 1. The topological polar surface area (TPSA) is 112 Å². The predicted molar refractivity (Wildman–Crippen MR) is 120 cm³/mol. The minimum Gasteiger partial charge on any atom is -0.477 e. The lowest BCUT2D eigenvalue weighted by Crippen LogP contribution is -2.22. The van der Waals surface area contributed by atoms with Gasteiger partial charge in [-0.1, -0.05) is 42.5 Å². The van der Waals surface area contributed by atoms with Crippen molar-refractivity contribution in [2.24, 2.45) is 7.05 Å². The van der Waals surface area contributed by atoms with E-state index >= 15 is 0 Å². The fourth-order valence-corrected chi connectivity index (χ4v) is 4.10. The van der Waals surface area contributed by atoms with Crippen molar-refractivity contribution >= 4 is 21.7 Å². The molecule has 0 saturated carbocycles. The van der Waals surface area contributed by atoms with Gasteiger partial charge in [-0.15, -0.1) is 0 Å². The number of hydrogen-bond donors (Lipinski definition) is 2. The molecule has 0 aliphatic rings. The average Bonchev–Trinajstić information content (AvgIpc) is 2.98. The highest BCUT2D eigenvalue weighted by atomic mass is 32.2. The highest BCUT2D eigenvalue weighted by Gasteiger charge is 2.24. The molecule has 1 heterocycles. The fraction of sp³-hybridized carbons (Fsp3) is 0.217. The van der Waals surface area contributed by atoms with Crippen LogP contribution >= 0.6 is 0 Å². The molecule has 0 saturated heterocycles. The van der Waals surface area contributed by atoms with Crippen molar-refractivity contribution in [2.45, 2.75) is 26.0 Å². The SMILES string of the molecule is Cc1c(C#N)c(-c2ccc(-c3ccccc3NS(=O)(=O)C(C)C)cc2)c(C(=O)O)n1C. The molecule has 0 spiro atoms. The number of sulfonamides is 1. The lowest BCUT2D eigenvalue weighted by molar-refractivity contribution is 0.0687. The van der Waals surface area contributed by atoms with Gasteiger partial charge in [0.15, 0.2) is 0 Å². The minimum atomic E-state index is -3.51. The zero-order valence-electron chi connectivity index (χ0n) is 17.7. The number of rotatable bonds is 6. The lowest BCUT2D eigenvalue weighted by atomic mass is 9.97. The highest BCUT2D eigenvalue weighted by molar-refractivity contribution is 7.93. The Bertz CT molecular complexity index is 1300. The van der Waals surface area contributed by atoms with Crippen molar-refractivity contribution in [3.63, 3.8) is 0 Å². The van der Waals surface area contributed by atoms with Gasteiger partial charge in [-0.05, 0) is 38.0 Å². The number of carboxylic acids is 1. The van der Waals surface area contributed by atoms with Gasteiger partial charge >= 0.3 is 5.97 Å². The van der Waals surface area contributed by atoms with E-state index in [0.29, 0.717) is 33.6 Å². The molecule has 7 nitrogen and oxygen atoms in total. The van der Waals surface area contributed by atoms with Gasteiger partial charge in [0, 0.05) is 23.9 Å². The fourth-order valence-electron chi connectivity index (χ4n) is 3.38. The van der Waals surface area contributed by atoms with Crippen LogP contribution in [0.3, 0.4) is 0 Å². The molecule has 31 heavy (non-hydrogen) atoms. The average molecular weight is 438 g/mol. The van der Waals surface area contributed by atoms with Crippen LogP contribution in [0.5, 0.6) is 0 Å². The van der Waals surface area contributed by atoms with Gasteiger partial charge in [-0.25, -0.2) is 13.2 Å². The van der Waals surface area contributed by atoms with Crippen LogP contribution in [0.15, 0.2) is 48.5 Å². The van der Waals surface area contributed by atoms with Gasteiger partial charge in [0.05, 0.1) is 16.5 Å². The number of carbonyl (C=O) groups is 1. The smallest absolute Gasteiger partial charge is 0.353 e. The molecule has 0 amide bonds. The molecule has 1 aromatic heterocycles. The van der Waals surface area contributed by atoms with Crippen LogP contribution in [0.2, 0.25) is 0 Å². The van der Waals surface area contributed by atoms with Crippen molar-refractivity contribution in [1.29, 1.82) is 5.26 Å². The largest absolute Gasteiger partial charge is 0.477 e. The quantitative estimate of drug-likeness (QED) is 0.594. The lowest BCUT2D eigenvalue weighted by Gasteiger charge is -2.15. The molecule has 0 aliphatic carbocycles. The molecule has 3 rings (SSSR count). The maximum atomic E-state index is 12.3. The molecular weight excluding hydrogens is 414 g/mol. The molecule has 0 bridgehead atoms. The van der Waals surface area contributed by atoms with Crippen LogP contribution in [0.4, 0.5) is 5.69 Å². The summed E-state index contributed by atoms with van der Waals surface area (Å²) in [6.45, 7) is 4.92. The van der Waals surface area contributed by atoms with E-state index in [-0.39, 0.29) is 5.69 Å². The summed E-state index contributed by atoms with van der Waals surface area (Å²) in [6, 6.07) is 16.2. The summed E-state index contributed by atoms with van der Waals surface area (Å²) in [7, 11) is -1.89. The summed E-state index contributed by atoms with van der Waals surface area (Å²) in [4.78, 5) is 11.8. The Hall–Kier alpha value is -3.57. The summed E-state index contributed by atoms with van der Waals surface area (Å²) in [5.41, 5.74) is 3.83. The molecule has 0 aliphatic heterocycles. The van der Waals surface area contributed by atoms with Crippen LogP contribution in [0, 0.1) is 18.3 Å². The molecule has 8 heteroatoms. The standard InChI is InChI=1S/C23H23N3O4S/c1-14(2)31(29,30)25-20-8-6-5-7-18(20)16-9-11-17(12-10-16)21-19(13-24)15(3)26(4)22(21)23(27)28/h5-12,14,25H,1-4H3,(H,27,28). The molecule has 0 atom stereocenters. The van der Waals surface area contributed by atoms with E-state index in [4.69, 9.17) is 0 Å². The third-order valence-corrected chi connectivity index (χ3v) is 7.03. The van der Waals surface area contributed by atoms with E-state index in [1.165, 1.54) is 4.57 Å². The number of nitrogens with one attached hydrogen (secondary N) is 1. The predicted octanol–water partition coefficient (Wildman–Crippen LogP) is 4.39. The Balaban J connectivity index is 2.09. The second-order valence-corrected chi connectivity index (χ2v) is 9.72. The number of nitriles is 1. The monoisotopic (exact) mass is 437 g/mol. The molecular formula is C23H23N3O4S. The summed E-state index contributed by atoms with van der Waals surface area (Å²) >= 11 is 0. The van der Waals surface area contributed by atoms with E-state index in [1.807, 2.05) is 12.1 Å². The first-order valence-electron chi connectivity index (χ1n) is 9.62. The second-order valence-electron chi connectivity index (χ2n) is 7.48. The maximum absolute atomic E-state index is 12.3. The van der Waals surface area contributed by atoms with Crippen LogP contribution in [-0.2, 0) is 17.1 Å². The van der Waals surface area contributed by atoms with Crippen molar-refractivity contribution in [1.82, 2.24) is 4.57 Å². The number of anilines is 1. The van der Waals surface area contributed by atoms with Crippen molar-refractivity contribution in [2.75, 3.05) is 4.72 Å². The Morgan fingerprint density at radius 3 is 2.23 bits per heavy atom. The van der Waals surface area contributed by atoms with Crippen LogP contribution in [-0.4, -0.2) is 29.3 Å². The number of benzene rings is 2. The molecule has 0 radical (unpaired) electrons. The number of aromatic carboxylic acids is 1. The summed E-state index contributed by atoms with van der Waals surface area (Å²) in [5, 5.41) is 18.7. The number of hydrogen-bond acceptors (Lipinski definition) is 4. The van der Waals surface area contributed by atoms with Gasteiger partial charge < -0.3 is 9.67 Å². The van der Waals surface area contributed by atoms with Crippen molar-refractivity contribution in [3.8, 4) is 28.3 Å². The third-order valence-electron chi connectivity index (χ3n) is 5.29. The van der Waals surface area contributed by atoms with Crippen LogP contribution in [0.1, 0.15) is 35.6 Å². The number of carboxylic acid groups (broad SMARTS) is 1. The van der Waals surface area contributed by atoms with E-state index in [9.17, 15) is 23.6 Å². The normalized spacial score (nSPS) is 11.4. The van der Waals surface area contributed by atoms with E-state index in [0.717, 1.165) is 5.56 Å². The van der Waals surface area contributed by atoms with E-state index in [2.05, 4.69) is 10.8 Å². The zero-order valence-corrected chi connectivity index (χ0v) is 18.5. The van der Waals surface area contributed by atoms with Crippen LogP contribution in [0.25, 0.3) is 22.3 Å². The van der Waals surface area contributed by atoms with E-state index < -0.39 is 21.2 Å². The third kappa shape index (κ3) is 4.05. The Labute approximate surface area is 181 Å². The van der Waals surface area contributed by atoms with Crippen molar-refractivity contribution < 1.29 is 18.3 Å². The summed E-state index contributed by atoms with van der Waals surface area (Å²) in [5.74, 6) is -1.11. The molecule has 160 valence electrons. The first-order chi connectivity index (χ1) is 14.6. The van der Waals surface area contributed by atoms with E-state index in [1.54, 1.807) is 64.2 Å². The van der Waals surface area contributed by atoms with Gasteiger partial charge in [-0.3, -0.25) is 4.72 Å². The molecule has 2 N–H and O–H groups in total. The Kier molecular flexibility index (Phi) is 5.91. The first-order valence-corrected chi connectivity index (χ1v) is 11.2. The van der Waals surface area contributed by atoms with Gasteiger partial charge in [0.1, 0.15) is 11.8 Å². The first kappa shape index (κ1) is 22.1. The molecule has 2 aromatic carbocycles. The minimum absolute atomic E-state index is 0.0480. The Morgan fingerprint density at radius 1 is 1.10 bits per heavy atom. The van der Waals surface area contributed by atoms with Gasteiger partial charge in [0.25, 0.3) is 0 Å². The highest BCUT2D eigenvalue weighted by Crippen LogP contribution is 2.35.